The Hall–Kier alpha value is 0.01000. The van der Waals surface area contributed by atoms with E-state index in [0.29, 0.717) is 21.8 Å². The SMILES string of the molecule is CNCc1cc(S(=O)(=O)N2CCCC2CN(C)C)c(Br)s1. The summed E-state index contributed by atoms with van der Waals surface area (Å²) in [7, 11) is 2.40. The van der Waals surface area contributed by atoms with Gasteiger partial charge in [0, 0.05) is 30.6 Å². The van der Waals surface area contributed by atoms with Crippen molar-refractivity contribution >= 4 is 37.3 Å². The summed E-state index contributed by atoms with van der Waals surface area (Å²) in [6, 6.07) is 1.86. The van der Waals surface area contributed by atoms with Gasteiger partial charge < -0.3 is 10.2 Å². The molecule has 0 radical (unpaired) electrons. The predicted molar refractivity (Wildman–Crippen MR) is 90.3 cm³/mol. The first-order valence-electron chi connectivity index (χ1n) is 6.95. The zero-order valence-electron chi connectivity index (χ0n) is 12.6. The van der Waals surface area contributed by atoms with Crippen molar-refractivity contribution < 1.29 is 8.42 Å². The molecule has 0 amide bonds. The van der Waals surface area contributed by atoms with Gasteiger partial charge in [0.15, 0.2) is 0 Å². The molecule has 1 saturated heterocycles. The van der Waals surface area contributed by atoms with E-state index in [-0.39, 0.29) is 6.04 Å². The second-order valence-electron chi connectivity index (χ2n) is 5.56. The predicted octanol–water partition coefficient (Wildman–Crippen LogP) is 1.94. The summed E-state index contributed by atoms with van der Waals surface area (Å²) in [5, 5.41) is 3.05. The van der Waals surface area contributed by atoms with Crippen LogP contribution in [0.2, 0.25) is 0 Å². The van der Waals surface area contributed by atoms with E-state index in [0.717, 1.165) is 24.3 Å². The number of thiophene rings is 1. The summed E-state index contributed by atoms with van der Waals surface area (Å²) in [5.74, 6) is 0. The van der Waals surface area contributed by atoms with E-state index in [1.165, 1.54) is 11.3 Å². The zero-order valence-corrected chi connectivity index (χ0v) is 15.8. The van der Waals surface area contributed by atoms with E-state index in [1.54, 1.807) is 10.4 Å². The van der Waals surface area contributed by atoms with Crippen LogP contribution in [-0.4, -0.2) is 57.9 Å². The number of likely N-dealkylation sites (N-methyl/N-ethyl adjacent to an activating group) is 1. The van der Waals surface area contributed by atoms with E-state index in [9.17, 15) is 8.42 Å². The van der Waals surface area contributed by atoms with Crippen molar-refractivity contribution in [1.29, 1.82) is 0 Å². The van der Waals surface area contributed by atoms with Crippen molar-refractivity contribution in [3.8, 4) is 0 Å². The quantitative estimate of drug-likeness (QED) is 0.799. The molecule has 1 aliphatic rings. The molecule has 8 heteroatoms. The average Bonchev–Trinajstić information content (AvgIpc) is 2.96. The van der Waals surface area contributed by atoms with Crippen molar-refractivity contribution in [2.45, 2.75) is 30.3 Å². The van der Waals surface area contributed by atoms with Crippen molar-refractivity contribution in [3.05, 3.63) is 14.7 Å². The van der Waals surface area contributed by atoms with Gasteiger partial charge in [-0.1, -0.05) is 0 Å². The molecule has 1 unspecified atom stereocenters. The van der Waals surface area contributed by atoms with Crippen molar-refractivity contribution in [2.24, 2.45) is 0 Å². The Balaban J connectivity index is 2.28. The lowest BCUT2D eigenvalue weighted by Crippen LogP contribution is -2.41. The zero-order chi connectivity index (χ0) is 15.6. The van der Waals surface area contributed by atoms with E-state index >= 15 is 0 Å². The minimum absolute atomic E-state index is 0.0737. The Labute approximate surface area is 139 Å². The summed E-state index contributed by atoms with van der Waals surface area (Å²) < 4.78 is 28.2. The van der Waals surface area contributed by atoms with Crippen LogP contribution in [0.4, 0.5) is 0 Å². The molecule has 2 heterocycles. The van der Waals surface area contributed by atoms with Crippen LogP contribution >= 0.6 is 27.3 Å². The molecule has 1 atom stereocenters. The van der Waals surface area contributed by atoms with Gasteiger partial charge in [0.05, 0.1) is 3.79 Å². The first-order chi connectivity index (χ1) is 9.86. The molecule has 1 aromatic rings. The molecule has 1 aliphatic heterocycles. The third-order valence-corrected chi connectivity index (χ3v) is 7.75. The van der Waals surface area contributed by atoms with Gasteiger partial charge in [0.1, 0.15) is 4.90 Å². The van der Waals surface area contributed by atoms with Gasteiger partial charge in [0.2, 0.25) is 10.0 Å². The Bertz CT molecular complexity index is 586. The van der Waals surface area contributed by atoms with Gasteiger partial charge in [-0.3, -0.25) is 0 Å². The lowest BCUT2D eigenvalue weighted by atomic mass is 10.2. The fourth-order valence-electron chi connectivity index (χ4n) is 2.69. The van der Waals surface area contributed by atoms with Crippen molar-refractivity contribution in [3.63, 3.8) is 0 Å². The molecule has 21 heavy (non-hydrogen) atoms. The van der Waals surface area contributed by atoms with Crippen LogP contribution in [0.5, 0.6) is 0 Å². The number of hydrogen-bond acceptors (Lipinski definition) is 5. The Morgan fingerprint density at radius 2 is 2.24 bits per heavy atom. The molecule has 1 aromatic heterocycles. The summed E-state index contributed by atoms with van der Waals surface area (Å²) in [5.41, 5.74) is 0. The maximum atomic E-state index is 12.9. The van der Waals surface area contributed by atoms with Crippen LogP contribution in [0.1, 0.15) is 17.7 Å². The second-order valence-corrected chi connectivity index (χ2v) is 9.87. The maximum absolute atomic E-state index is 12.9. The summed E-state index contributed by atoms with van der Waals surface area (Å²) in [6.45, 7) is 2.06. The highest BCUT2D eigenvalue weighted by Gasteiger charge is 2.37. The van der Waals surface area contributed by atoms with Gasteiger partial charge in [-0.05, 0) is 56.0 Å². The summed E-state index contributed by atoms with van der Waals surface area (Å²) in [4.78, 5) is 3.47. The van der Waals surface area contributed by atoms with Crippen LogP contribution < -0.4 is 5.32 Å². The van der Waals surface area contributed by atoms with Gasteiger partial charge in [-0.25, -0.2) is 8.42 Å². The van der Waals surface area contributed by atoms with E-state index in [2.05, 4.69) is 21.2 Å². The summed E-state index contributed by atoms with van der Waals surface area (Å²) >= 11 is 4.89. The first kappa shape index (κ1) is 17.4. The van der Waals surface area contributed by atoms with Gasteiger partial charge >= 0.3 is 0 Å². The molecule has 5 nitrogen and oxygen atoms in total. The van der Waals surface area contributed by atoms with E-state index < -0.39 is 10.0 Å². The maximum Gasteiger partial charge on any atom is 0.245 e. The molecule has 0 aromatic carbocycles. The number of nitrogens with one attached hydrogen (secondary N) is 1. The monoisotopic (exact) mass is 395 g/mol. The molecule has 1 N–H and O–H groups in total. The minimum atomic E-state index is -3.42. The highest BCUT2D eigenvalue weighted by Crippen LogP contribution is 2.36. The average molecular weight is 396 g/mol. The number of rotatable bonds is 6. The summed E-state index contributed by atoms with van der Waals surface area (Å²) in [6.07, 6.45) is 1.87. The van der Waals surface area contributed by atoms with Crippen LogP contribution in [0, 0.1) is 0 Å². The molecule has 0 aliphatic carbocycles. The number of halogens is 1. The highest BCUT2D eigenvalue weighted by molar-refractivity contribution is 9.11. The number of hydrogen-bond donors (Lipinski definition) is 1. The largest absolute Gasteiger partial charge is 0.315 e. The smallest absolute Gasteiger partial charge is 0.245 e. The van der Waals surface area contributed by atoms with Crippen LogP contribution in [0.15, 0.2) is 14.7 Å². The molecular formula is C13H22BrN3O2S2. The van der Waals surface area contributed by atoms with Crippen molar-refractivity contribution in [1.82, 2.24) is 14.5 Å². The standard InChI is InChI=1S/C13H22BrN3O2S2/c1-15-8-11-7-12(13(14)20-11)21(18,19)17-6-4-5-10(17)9-16(2)3/h7,10,15H,4-6,8-9H2,1-3H3. The van der Waals surface area contributed by atoms with Crippen LogP contribution in [0.3, 0.4) is 0 Å². The Kier molecular flexibility index (Phi) is 5.84. The fourth-order valence-corrected chi connectivity index (χ4v) is 7.02. The highest BCUT2D eigenvalue weighted by atomic mass is 79.9. The first-order valence-corrected chi connectivity index (χ1v) is 10.0. The molecular weight excluding hydrogens is 374 g/mol. The Morgan fingerprint density at radius 1 is 1.52 bits per heavy atom. The number of nitrogens with zero attached hydrogens (tertiary/aromatic N) is 2. The topological polar surface area (TPSA) is 52.7 Å². The third kappa shape index (κ3) is 3.86. The lowest BCUT2D eigenvalue weighted by Gasteiger charge is -2.26. The lowest BCUT2D eigenvalue weighted by molar-refractivity contribution is 0.291. The van der Waals surface area contributed by atoms with E-state index in [1.807, 2.05) is 26.0 Å². The van der Waals surface area contributed by atoms with Crippen LogP contribution in [-0.2, 0) is 16.6 Å². The molecule has 120 valence electrons. The normalized spacial score (nSPS) is 20.5. The van der Waals surface area contributed by atoms with E-state index in [4.69, 9.17) is 0 Å². The van der Waals surface area contributed by atoms with Gasteiger partial charge in [-0.2, -0.15) is 4.31 Å². The molecule has 0 bridgehead atoms. The molecule has 0 spiro atoms. The third-order valence-electron chi connectivity index (χ3n) is 3.54. The van der Waals surface area contributed by atoms with Gasteiger partial charge in [-0.15, -0.1) is 11.3 Å². The molecule has 1 fully saturated rings. The van der Waals surface area contributed by atoms with Crippen LogP contribution in [0.25, 0.3) is 0 Å². The molecule has 0 saturated carbocycles. The Morgan fingerprint density at radius 3 is 2.86 bits per heavy atom. The fraction of sp³-hybridized carbons (Fsp3) is 0.692. The van der Waals surface area contributed by atoms with Gasteiger partial charge in [0.25, 0.3) is 0 Å². The number of sulfonamides is 1. The minimum Gasteiger partial charge on any atom is -0.315 e. The van der Waals surface area contributed by atoms with Crippen molar-refractivity contribution in [2.75, 3.05) is 34.2 Å². The molecule has 2 rings (SSSR count). The second kappa shape index (κ2) is 7.06.